The van der Waals surface area contributed by atoms with E-state index in [0.717, 1.165) is 39.3 Å². The average Bonchev–Trinajstić information content (AvgIpc) is 3.19. The normalized spacial score (nSPS) is 13.8. The third-order valence-electron chi connectivity index (χ3n) is 7.99. The molecule has 0 unspecified atom stereocenters. The lowest BCUT2D eigenvalue weighted by molar-refractivity contribution is -0.385. The molecule has 0 spiro atoms. The number of halogens is 1. The summed E-state index contributed by atoms with van der Waals surface area (Å²) < 4.78 is 26.9. The Labute approximate surface area is 325 Å². The van der Waals surface area contributed by atoms with E-state index in [1.807, 2.05) is 60.7 Å². The van der Waals surface area contributed by atoms with Crippen molar-refractivity contribution in [1.82, 2.24) is 15.1 Å². The second kappa shape index (κ2) is 25.3. The van der Waals surface area contributed by atoms with Gasteiger partial charge in [-0.15, -0.1) is 0 Å². The van der Waals surface area contributed by atoms with Crippen LogP contribution in [0.3, 0.4) is 0 Å². The number of nitro groups is 2. The molecule has 14 nitrogen and oxygen atoms in total. The number of anilines is 1. The smallest absolute Gasteiger partial charge is 0.299 e. The third kappa shape index (κ3) is 15.4. The number of ether oxygens (including phenoxy) is 2. The van der Waals surface area contributed by atoms with Crippen molar-refractivity contribution in [2.45, 2.75) is 13.2 Å². The number of nitrogens with one attached hydrogen (secondary N) is 1. The van der Waals surface area contributed by atoms with E-state index in [-0.39, 0.29) is 34.5 Å². The summed E-state index contributed by atoms with van der Waals surface area (Å²) in [7, 11) is 4.22. The molecular formula is C36H43ClN6O8S2. The largest absolute Gasteiger partial charge is 0.489 e. The van der Waals surface area contributed by atoms with Crippen molar-refractivity contribution in [3.8, 4) is 11.5 Å². The van der Waals surface area contributed by atoms with Crippen LogP contribution in [0, 0.1) is 20.2 Å². The molecule has 2 heterocycles. The summed E-state index contributed by atoms with van der Waals surface area (Å²) in [5.41, 5.74) is 1.78. The zero-order valence-electron chi connectivity index (χ0n) is 29.5. The monoisotopic (exact) mass is 786 g/mol. The Morgan fingerprint density at radius 2 is 1.06 bits per heavy atom. The number of hydrogen-bond acceptors (Lipinski definition) is 14. The van der Waals surface area contributed by atoms with Crippen LogP contribution in [-0.2, 0) is 38.3 Å². The Hall–Kier alpha value is -4.71. The summed E-state index contributed by atoms with van der Waals surface area (Å²) >= 11 is 11.5. The van der Waals surface area contributed by atoms with E-state index >= 15 is 0 Å². The van der Waals surface area contributed by atoms with Gasteiger partial charge in [-0.25, -0.2) is 0 Å². The number of nitro benzene ring substituents is 2. The van der Waals surface area contributed by atoms with Crippen LogP contribution in [-0.4, -0.2) is 94.5 Å². The molecule has 0 saturated carbocycles. The number of benzene rings is 4. The molecule has 4 aromatic rings. The Morgan fingerprint density at radius 3 is 1.49 bits per heavy atom. The van der Waals surface area contributed by atoms with Gasteiger partial charge in [-0.2, -0.15) is 8.42 Å². The lowest BCUT2D eigenvalue weighted by atomic mass is 10.1. The van der Waals surface area contributed by atoms with Gasteiger partial charge in [0.2, 0.25) is 0 Å². The molecular weight excluding hydrogens is 744 g/mol. The van der Waals surface area contributed by atoms with Gasteiger partial charge < -0.3 is 29.5 Å². The summed E-state index contributed by atoms with van der Waals surface area (Å²) in [5, 5.41) is 26.0. The van der Waals surface area contributed by atoms with Crippen molar-refractivity contribution in [1.29, 1.82) is 0 Å². The van der Waals surface area contributed by atoms with E-state index in [1.54, 1.807) is 30.3 Å². The number of piperazine rings is 2. The number of nitrogens with zero attached hydrogens (tertiary/aromatic N) is 5. The second-order valence-corrected chi connectivity index (χ2v) is 12.0. The minimum Gasteiger partial charge on any atom is -0.489 e. The molecule has 1 N–H and O–H groups in total. The standard InChI is InChI=1S/C18H21N3O3.C13H10ClNO3.C5H12N2.2OS/c1-19-10-12-20(13-11-19)17-9-5-6-15(18(17)21(22)23)14-24-16-7-3-2-4-8-16;14-12-8-4-5-10(13(12)15(16)17)9-18-11-6-2-1-3-7-11;1-7-4-2-6-3-5-7;2*1-2/h2-9H,10-14H2,1H3;1-8H,9H2;6H,2-5H2,1H3;;. The zero-order valence-corrected chi connectivity index (χ0v) is 31.9. The molecule has 2 saturated heterocycles. The molecule has 0 aliphatic carbocycles. The van der Waals surface area contributed by atoms with E-state index in [1.165, 1.54) is 19.2 Å². The molecule has 0 atom stereocenters. The summed E-state index contributed by atoms with van der Waals surface area (Å²) in [6.45, 7) is 8.43. The first kappa shape index (κ1) is 44.5. The van der Waals surface area contributed by atoms with Crippen LogP contribution < -0.4 is 19.7 Å². The molecule has 53 heavy (non-hydrogen) atoms. The van der Waals surface area contributed by atoms with E-state index in [0.29, 0.717) is 28.3 Å². The van der Waals surface area contributed by atoms with Gasteiger partial charge in [-0.05, 0) is 62.6 Å². The fourth-order valence-corrected chi connectivity index (χ4v) is 5.48. The molecule has 2 fully saturated rings. The first-order valence-corrected chi connectivity index (χ1v) is 17.5. The number of rotatable bonds is 9. The minimum absolute atomic E-state index is 0.102. The van der Waals surface area contributed by atoms with Crippen LogP contribution in [0.15, 0.2) is 97.1 Å². The van der Waals surface area contributed by atoms with Crippen molar-refractivity contribution < 1.29 is 27.7 Å². The molecule has 284 valence electrons. The number of likely N-dealkylation sites (N-methyl/N-ethyl adjacent to an activating group) is 2. The molecule has 2 aliphatic heterocycles. The van der Waals surface area contributed by atoms with Crippen LogP contribution in [0.25, 0.3) is 0 Å². The van der Waals surface area contributed by atoms with E-state index in [4.69, 9.17) is 29.5 Å². The Bertz CT molecular complexity index is 1670. The molecule has 0 aromatic heterocycles. The molecule has 0 amide bonds. The van der Waals surface area contributed by atoms with Gasteiger partial charge in [-0.3, -0.25) is 20.2 Å². The van der Waals surface area contributed by atoms with Crippen LogP contribution >= 0.6 is 11.6 Å². The predicted octanol–water partition coefficient (Wildman–Crippen LogP) is 5.60. The minimum atomic E-state index is -0.494. The van der Waals surface area contributed by atoms with Gasteiger partial charge in [0, 0.05) is 52.4 Å². The molecule has 6 rings (SSSR count). The van der Waals surface area contributed by atoms with Gasteiger partial charge in [-0.1, -0.05) is 60.1 Å². The highest BCUT2D eigenvalue weighted by Crippen LogP contribution is 2.33. The molecule has 0 bridgehead atoms. The van der Waals surface area contributed by atoms with E-state index in [2.05, 4.69) is 59.2 Å². The summed E-state index contributed by atoms with van der Waals surface area (Å²) in [5.74, 6) is 1.36. The van der Waals surface area contributed by atoms with Crippen molar-refractivity contribution >= 4 is 53.7 Å². The lowest BCUT2D eigenvalue weighted by Crippen LogP contribution is -2.44. The highest BCUT2D eigenvalue weighted by Gasteiger charge is 2.26. The third-order valence-corrected chi connectivity index (χ3v) is 8.30. The molecule has 0 radical (unpaired) electrons. The average molecular weight is 787 g/mol. The van der Waals surface area contributed by atoms with Crippen LogP contribution in [0.1, 0.15) is 11.1 Å². The van der Waals surface area contributed by atoms with Gasteiger partial charge in [0.15, 0.2) is 25.1 Å². The van der Waals surface area contributed by atoms with Crippen molar-refractivity contribution in [2.75, 3.05) is 71.4 Å². The summed E-state index contributed by atoms with van der Waals surface area (Å²) in [6, 6.07) is 28.7. The maximum absolute atomic E-state index is 11.7. The first-order chi connectivity index (χ1) is 25.7. The van der Waals surface area contributed by atoms with E-state index < -0.39 is 4.92 Å². The lowest BCUT2D eigenvalue weighted by Gasteiger charge is -2.33. The fraction of sp³-hybridized carbons (Fsp3) is 0.333. The van der Waals surface area contributed by atoms with Crippen molar-refractivity contribution in [2.24, 2.45) is 0 Å². The van der Waals surface area contributed by atoms with Gasteiger partial charge in [0.05, 0.1) is 21.0 Å². The summed E-state index contributed by atoms with van der Waals surface area (Å²) in [6.07, 6.45) is 0. The molecule has 17 heteroatoms. The maximum Gasteiger partial charge on any atom is 0.299 e. The Kier molecular flexibility index (Phi) is 21.2. The van der Waals surface area contributed by atoms with Crippen molar-refractivity contribution in [3.05, 3.63) is 133 Å². The Balaban J connectivity index is 0.000000294. The molecule has 2 aliphatic rings. The van der Waals surface area contributed by atoms with Gasteiger partial charge in [0.1, 0.15) is 35.4 Å². The van der Waals surface area contributed by atoms with Crippen LogP contribution in [0.4, 0.5) is 17.1 Å². The highest BCUT2D eigenvalue weighted by molar-refractivity contribution is 7.44. The first-order valence-electron chi connectivity index (χ1n) is 16.4. The van der Waals surface area contributed by atoms with Gasteiger partial charge >= 0.3 is 0 Å². The highest BCUT2D eigenvalue weighted by atomic mass is 35.5. The van der Waals surface area contributed by atoms with Crippen LogP contribution in [0.2, 0.25) is 5.02 Å². The number of hydrogen-bond donors (Lipinski definition) is 1. The fourth-order valence-electron chi connectivity index (χ4n) is 5.22. The number of para-hydroxylation sites is 4. The maximum atomic E-state index is 11.7. The van der Waals surface area contributed by atoms with Crippen molar-refractivity contribution in [3.63, 3.8) is 0 Å². The second-order valence-electron chi connectivity index (χ2n) is 11.6. The molecule has 4 aromatic carbocycles. The van der Waals surface area contributed by atoms with E-state index in [9.17, 15) is 20.2 Å². The topological polar surface area (TPSA) is 161 Å². The zero-order chi connectivity index (χ0) is 39.0. The SMILES string of the molecule is CN1CCN(c2cccc(COc3ccccc3)c2[N+](=O)[O-])CC1.CN1CCNCC1.O=S.O=S.O=[N+]([O-])c1c(Cl)cccc1COc1ccccc1. The van der Waals surface area contributed by atoms with Crippen LogP contribution in [0.5, 0.6) is 11.5 Å². The Morgan fingerprint density at radius 1 is 0.623 bits per heavy atom. The summed E-state index contributed by atoms with van der Waals surface area (Å²) in [4.78, 5) is 28.4. The predicted molar refractivity (Wildman–Crippen MR) is 209 cm³/mol. The van der Waals surface area contributed by atoms with Gasteiger partial charge in [0.25, 0.3) is 11.4 Å². The quantitative estimate of drug-likeness (QED) is 0.165.